The maximum Gasteiger partial charge on any atom is 0.255 e. The van der Waals surface area contributed by atoms with Crippen LogP contribution < -0.4 is 10.1 Å². The summed E-state index contributed by atoms with van der Waals surface area (Å²) in [5.41, 5.74) is 0.430. The minimum Gasteiger partial charge on any atom is -0.496 e. The van der Waals surface area contributed by atoms with E-state index in [0.717, 1.165) is 12.8 Å². The van der Waals surface area contributed by atoms with Crippen LogP contribution in [0.2, 0.25) is 5.02 Å². The summed E-state index contributed by atoms with van der Waals surface area (Å²) < 4.78 is 5.19. The van der Waals surface area contributed by atoms with E-state index in [9.17, 15) is 9.59 Å². The molecule has 0 spiro atoms. The fourth-order valence-electron chi connectivity index (χ4n) is 2.46. The molecule has 0 saturated carbocycles. The van der Waals surface area contributed by atoms with Gasteiger partial charge in [-0.2, -0.15) is 0 Å². The number of carbonyl (C=O) groups excluding carboxylic acids is 2. The maximum atomic E-state index is 12.3. The van der Waals surface area contributed by atoms with Gasteiger partial charge in [0.15, 0.2) is 0 Å². The van der Waals surface area contributed by atoms with Crippen LogP contribution in [0.4, 0.5) is 0 Å². The predicted octanol–water partition coefficient (Wildman–Crippen LogP) is 2.09. The minimum atomic E-state index is -0.198. The number of halogens is 1. The number of nitrogens with one attached hydrogen (secondary N) is 1. The molecule has 0 radical (unpaired) electrons. The van der Waals surface area contributed by atoms with E-state index in [4.69, 9.17) is 16.3 Å². The Kier molecular flexibility index (Phi) is 5.07. The molecular weight excluding hydrogens is 292 g/mol. The zero-order valence-electron chi connectivity index (χ0n) is 12.2. The lowest BCUT2D eigenvalue weighted by atomic mass is 10.0. The largest absolute Gasteiger partial charge is 0.496 e. The SMILES string of the molecule is COc1ccc(Cl)cc1C(=O)NC1CCN(C(C)=O)CC1. The number of rotatable bonds is 3. The Bertz CT molecular complexity index is 540. The number of hydrogen-bond donors (Lipinski definition) is 1. The molecule has 1 fully saturated rings. The van der Waals surface area contributed by atoms with Crippen molar-refractivity contribution in [2.75, 3.05) is 20.2 Å². The van der Waals surface area contributed by atoms with Gasteiger partial charge in [0, 0.05) is 31.1 Å². The highest BCUT2D eigenvalue weighted by atomic mass is 35.5. The molecule has 114 valence electrons. The molecule has 2 rings (SSSR count). The Morgan fingerprint density at radius 3 is 2.57 bits per heavy atom. The lowest BCUT2D eigenvalue weighted by molar-refractivity contribution is -0.129. The second-order valence-electron chi connectivity index (χ2n) is 5.10. The van der Waals surface area contributed by atoms with Crippen molar-refractivity contribution < 1.29 is 14.3 Å². The molecule has 1 aliphatic rings. The molecule has 0 unspecified atom stereocenters. The maximum absolute atomic E-state index is 12.3. The summed E-state index contributed by atoms with van der Waals surface area (Å²) in [6.45, 7) is 2.91. The van der Waals surface area contributed by atoms with E-state index >= 15 is 0 Å². The molecule has 1 aliphatic heterocycles. The Labute approximate surface area is 129 Å². The zero-order chi connectivity index (χ0) is 15.4. The van der Waals surface area contributed by atoms with Crippen molar-refractivity contribution in [2.45, 2.75) is 25.8 Å². The van der Waals surface area contributed by atoms with Crippen LogP contribution in [0.15, 0.2) is 18.2 Å². The summed E-state index contributed by atoms with van der Waals surface area (Å²) in [6, 6.07) is 5.02. The van der Waals surface area contributed by atoms with Crippen LogP contribution in [0.5, 0.6) is 5.75 Å². The number of piperidine rings is 1. The summed E-state index contributed by atoms with van der Waals surface area (Å²) in [4.78, 5) is 25.4. The van der Waals surface area contributed by atoms with Gasteiger partial charge in [-0.25, -0.2) is 0 Å². The smallest absolute Gasteiger partial charge is 0.255 e. The predicted molar refractivity (Wildman–Crippen MR) is 80.7 cm³/mol. The molecular formula is C15H19ClN2O3. The first-order valence-electron chi connectivity index (χ1n) is 6.91. The quantitative estimate of drug-likeness (QED) is 0.930. The number of carbonyl (C=O) groups is 2. The first-order valence-corrected chi connectivity index (χ1v) is 7.29. The highest BCUT2D eigenvalue weighted by molar-refractivity contribution is 6.31. The first-order chi connectivity index (χ1) is 10.0. The van der Waals surface area contributed by atoms with Crippen LogP contribution in [0.25, 0.3) is 0 Å². The van der Waals surface area contributed by atoms with Crippen molar-refractivity contribution in [1.29, 1.82) is 0 Å². The van der Waals surface area contributed by atoms with E-state index in [1.54, 1.807) is 30.0 Å². The van der Waals surface area contributed by atoms with Crippen molar-refractivity contribution in [2.24, 2.45) is 0 Å². The minimum absolute atomic E-state index is 0.0665. The Morgan fingerprint density at radius 1 is 1.33 bits per heavy atom. The van der Waals surface area contributed by atoms with E-state index in [-0.39, 0.29) is 17.9 Å². The van der Waals surface area contributed by atoms with E-state index in [2.05, 4.69) is 5.32 Å². The highest BCUT2D eigenvalue weighted by Crippen LogP contribution is 2.23. The van der Waals surface area contributed by atoms with Gasteiger partial charge in [0.1, 0.15) is 5.75 Å². The second kappa shape index (κ2) is 6.80. The monoisotopic (exact) mass is 310 g/mol. The molecule has 5 nitrogen and oxygen atoms in total. The van der Waals surface area contributed by atoms with E-state index in [0.29, 0.717) is 29.4 Å². The van der Waals surface area contributed by atoms with Gasteiger partial charge in [0.05, 0.1) is 12.7 Å². The third-order valence-corrected chi connectivity index (χ3v) is 3.92. The first kappa shape index (κ1) is 15.6. The molecule has 2 amide bonds. The molecule has 1 aromatic carbocycles. The topological polar surface area (TPSA) is 58.6 Å². The van der Waals surface area contributed by atoms with Crippen LogP contribution in [0, 0.1) is 0 Å². The molecule has 1 aromatic rings. The number of benzene rings is 1. The lowest BCUT2D eigenvalue weighted by Gasteiger charge is -2.31. The van der Waals surface area contributed by atoms with Crippen molar-refractivity contribution >= 4 is 23.4 Å². The van der Waals surface area contributed by atoms with Gasteiger partial charge in [0.25, 0.3) is 5.91 Å². The van der Waals surface area contributed by atoms with Crippen LogP contribution in [0.1, 0.15) is 30.1 Å². The van der Waals surface area contributed by atoms with Crippen molar-refractivity contribution in [3.05, 3.63) is 28.8 Å². The number of hydrogen-bond acceptors (Lipinski definition) is 3. The molecule has 1 saturated heterocycles. The Balaban J connectivity index is 1.99. The van der Waals surface area contributed by atoms with Crippen molar-refractivity contribution in [1.82, 2.24) is 10.2 Å². The van der Waals surface area contributed by atoms with Crippen LogP contribution in [-0.2, 0) is 4.79 Å². The number of amides is 2. The van der Waals surface area contributed by atoms with Gasteiger partial charge in [-0.1, -0.05) is 11.6 Å². The Hall–Kier alpha value is -1.75. The fraction of sp³-hybridized carbons (Fsp3) is 0.467. The molecule has 0 bridgehead atoms. The van der Waals surface area contributed by atoms with Gasteiger partial charge in [-0.05, 0) is 31.0 Å². The van der Waals surface area contributed by atoms with E-state index in [1.165, 1.54) is 7.11 Å². The normalized spacial score (nSPS) is 15.7. The van der Waals surface area contributed by atoms with Crippen LogP contribution in [0.3, 0.4) is 0 Å². The molecule has 1 heterocycles. The van der Waals surface area contributed by atoms with Gasteiger partial charge in [-0.3, -0.25) is 9.59 Å². The third-order valence-electron chi connectivity index (χ3n) is 3.68. The average Bonchev–Trinajstić information content (AvgIpc) is 2.47. The zero-order valence-corrected chi connectivity index (χ0v) is 12.9. The van der Waals surface area contributed by atoms with E-state index < -0.39 is 0 Å². The van der Waals surface area contributed by atoms with Crippen LogP contribution in [-0.4, -0.2) is 43.0 Å². The fourth-order valence-corrected chi connectivity index (χ4v) is 2.63. The van der Waals surface area contributed by atoms with Gasteiger partial charge >= 0.3 is 0 Å². The molecule has 0 atom stereocenters. The third kappa shape index (κ3) is 3.88. The van der Waals surface area contributed by atoms with Crippen molar-refractivity contribution in [3.8, 4) is 5.75 Å². The van der Waals surface area contributed by atoms with Gasteiger partial charge in [0.2, 0.25) is 5.91 Å². The number of methoxy groups -OCH3 is 1. The van der Waals surface area contributed by atoms with Crippen LogP contribution >= 0.6 is 11.6 Å². The summed E-state index contributed by atoms with van der Waals surface area (Å²) in [5, 5.41) is 3.47. The molecule has 21 heavy (non-hydrogen) atoms. The van der Waals surface area contributed by atoms with Gasteiger partial charge in [-0.15, -0.1) is 0 Å². The second-order valence-corrected chi connectivity index (χ2v) is 5.53. The summed E-state index contributed by atoms with van der Waals surface area (Å²) in [6.07, 6.45) is 1.52. The molecule has 0 aliphatic carbocycles. The summed E-state index contributed by atoms with van der Waals surface area (Å²) >= 11 is 5.93. The number of ether oxygens (including phenoxy) is 1. The Morgan fingerprint density at radius 2 is 2.00 bits per heavy atom. The average molecular weight is 311 g/mol. The van der Waals surface area contributed by atoms with E-state index in [1.807, 2.05) is 0 Å². The molecule has 0 aromatic heterocycles. The standard InChI is InChI=1S/C15H19ClN2O3/c1-10(19)18-7-5-12(6-8-18)17-15(20)13-9-11(16)3-4-14(13)21-2/h3-4,9,12H,5-8H2,1-2H3,(H,17,20). The summed E-state index contributed by atoms with van der Waals surface area (Å²) in [7, 11) is 1.52. The number of likely N-dealkylation sites (tertiary alicyclic amines) is 1. The van der Waals surface area contributed by atoms with Gasteiger partial charge < -0.3 is 15.0 Å². The highest BCUT2D eigenvalue weighted by Gasteiger charge is 2.23. The lowest BCUT2D eigenvalue weighted by Crippen LogP contribution is -2.46. The summed E-state index contributed by atoms with van der Waals surface area (Å²) in [5.74, 6) is 0.380. The molecule has 6 heteroatoms. The molecule has 1 N–H and O–H groups in total. The number of nitrogens with zero attached hydrogens (tertiary/aromatic N) is 1. The van der Waals surface area contributed by atoms with Crippen molar-refractivity contribution in [3.63, 3.8) is 0 Å².